The van der Waals surface area contributed by atoms with Gasteiger partial charge in [0.2, 0.25) is 0 Å². The van der Waals surface area contributed by atoms with Crippen molar-refractivity contribution in [2.45, 2.75) is 44.9 Å². The summed E-state index contributed by atoms with van der Waals surface area (Å²) >= 11 is 0. The van der Waals surface area contributed by atoms with Crippen molar-refractivity contribution in [1.82, 2.24) is 15.5 Å². The molecule has 0 spiro atoms. The van der Waals surface area contributed by atoms with Gasteiger partial charge in [-0.15, -0.1) is 24.0 Å². The van der Waals surface area contributed by atoms with Crippen molar-refractivity contribution in [2.75, 3.05) is 39.0 Å². The van der Waals surface area contributed by atoms with Crippen LogP contribution in [0.15, 0.2) is 4.99 Å². The fraction of sp³-hybridized carbons (Fsp3) is 0.929. The van der Waals surface area contributed by atoms with Gasteiger partial charge in [0, 0.05) is 38.8 Å². The van der Waals surface area contributed by atoms with Gasteiger partial charge in [0.05, 0.1) is 10.5 Å². The molecule has 0 atom stereocenters. The number of nitrogens with zero attached hydrogens (tertiary/aromatic N) is 2. The fourth-order valence-corrected chi connectivity index (χ4v) is 3.63. The van der Waals surface area contributed by atoms with Crippen molar-refractivity contribution >= 4 is 39.8 Å². The topological polar surface area (TPSA) is 73.8 Å². The van der Waals surface area contributed by atoms with E-state index in [-0.39, 0.29) is 35.3 Å². The lowest BCUT2D eigenvalue weighted by molar-refractivity contribution is 0.351. The summed E-state index contributed by atoms with van der Waals surface area (Å²) in [6.07, 6.45) is 0. The van der Waals surface area contributed by atoms with E-state index in [1.54, 1.807) is 20.9 Å². The van der Waals surface area contributed by atoms with E-state index < -0.39 is 14.6 Å². The van der Waals surface area contributed by atoms with Gasteiger partial charge < -0.3 is 15.5 Å². The number of guanidine groups is 1. The summed E-state index contributed by atoms with van der Waals surface area (Å²) in [5.41, 5.74) is 0.0897. The van der Waals surface area contributed by atoms with Crippen molar-refractivity contribution < 1.29 is 8.42 Å². The molecule has 0 amide bonds. The minimum atomic E-state index is -3.02. The molecule has 1 heterocycles. The Balaban J connectivity index is 0.00000441. The Bertz CT molecular complexity index is 484. The first-order valence-electron chi connectivity index (χ1n) is 7.41. The van der Waals surface area contributed by atoms with Crippen molar-refractivity contribution in [3.63, 3.8) is 0 Å². The quantitative estimate of drug-likeness (QED) is 0.294. The average molecular weight is 446 g/mol. The molecule has 1 fully saturated rings. The van der Waals surface area contributed by atoms with Gasteiger partial charge >= 0.3 is 0 Å². The lowest BCUT2D eigenvalue weighted by Gasteiger charge is -2.39. The first kappa shape index (κ1) is 21.9. The van der Waals surface area contributed by atoms with E-state index >= 15 is 0 Å². The van der Waals surface area contributed by atoms with Crippen LogP contribution in [0.25, 0.3) is 0 Å². The predicted molar refractivity (Wildman–Crippen MR) is 104 cm³/mol. The maximum atomic E-state index is 12.0. The molecule has 8 heteroatoms. The first-order chi connectivity index (χ1) is 9.48. The second-order valence-corrected chi connectivity index (χ2v) is 9.89. The largest absolute Gasteiger partial charge is 0.355 e. The lowest BCUT2D eigenvalue weighted by atomic mass is 10.1. The van der Waals surface area contributed by atoms with Crippen LogP contribution in [0.5, 0.6) is 0 Å². The normalized spacial score (nSPS) is 21.2. The van der Waals surface area contributed by atoms with Crippen LogP contribution >= 0.6 is 24.0 Å². The Morgan fingerprint density at radius 2 is 1.86 bits per heavy atom. The van der Waals surface area contributed by atoms with Gasteiger partial charge in [-0.1, -0.05) is 0 Å². The Labute approximate surface area is 152 Å². The molecule has 1 saturated heterocycles. The molecule has 22 heavy (non-hydrogen) atoms. The van der Waals surface area contributed by atoms with E-state index in [0.29, 0.717) is 13.1 Å². The summed E-state index contributed by atoms with van der Waals surface area (Å²) in [5, 5.41) is 6.70. The highest BCUT2D eigenvalue weighted by atomic mass is 127. The summed E-state index contributed by atoms with van der Waals surface area (Å²) in [4.78, 5) is 6.29. The van der Waals surface area contributed by atoms with Crippen molar-refractivity contribution in [1.29, 1.82) is 0 Å². The molecule has 0 bridgehead atoms. The highest BCUT2D eigenvalue weighted by Gasteiger charge is 2.40. The van der Waals surface area contributed by atoms with Crippen LogP contribution in [0.1, 0.15) is 34.6 Å². The van der Waals surface area contributed by atoms with Crippen molar-refractivity contribution in [3.05, 3.63) is 0 Å². The molecule has 0 aliphatic carbocycles. The van der Waals surface area contributed by atoms with Gasteiger partial charge in [-0.3, -0.25) is 4.99 Å². The van der Waals surface area contributed by atoms with Crippen LogP contribution < -0.4 is 10.6 Å². The maximum absolute atomic E-state index is 12.0. The average Bonchev–Trinajstić information content (AvgIpc) is 2.32. The van der Waals surface area contributed by atoms with E-state index in [1.165, 1.54) is 0 Å². The zero-order valence-electron chi connectivity index (χ0n) is 14.6. The standard InChI is InChI=1S/C14H30N4O2S.HI/c1-13(2,3)17-8-7-16-12(15-6)18-9-10-21(19,20)14(4,5)11-18;/h17H,7-11H2,1-6H3,(H,15,16);1H. The molecule has 0 unspecified atom stereocenters. The molecule has 1 aliphatic heterocycles. The second kappa shape index (κ2) is 8.14. The van der Waals surface area contributed by atoms with Crippen LogP contribution in [0.4, 0.5) is 0 Å². The van der Waals surface area contributed by atoms with Gasteiger partial charge in [-0.2, -0.15) is 0 Å². The molecule has 1 aliphatic rings. The summed E-state index contributed by atoms with van der Waals surface area (Å²) in [7, 11) is -1.29. The molecule has 2 N–H and O–H groups in total. The maximum Gasteiger partial charge on any atom is 0.193 e. The minimum absolute atomic E-state index is 0. The Morgan fingerprint density at radius 3 is 2.32 bits per heavy atom. The SMILES string of the molecule is CN=C(NCCNC(C)(C)C)N1CCS(=O)(=O)C(C)(C)C1.I. The van der Waals surface area contributed by atoms with E-state index in [4.69, 9.17) is 0 Å². The smallest absolute Gasteiger partial charge is 0.193 e. The highest BCUT2D eigenvalue weighted by Crippen LogP contribution is 2.23. The van der Waals surface area contributed by atoms with E-state index in [0.717, 1.165) is 19.0 Å². The number of halogens is 1. The van der Waals surface area contributed by atoms with Gasteiger partial charge in [0.25, 0.3) is 0 Å². The summed E-state index contributed by atoms with van der Waals surface area (Å²) in [6, 6.07) is 0. The van der Waals surface area contributed by atoms with Gasteiger partial charge in [0.15, 0.2) is 15.8 Å². The third-order valence-electron chi connectivity index (χ3n) is 3.62. The number of rotatable bonds is 3. The molecule has 0 saturated carbocycles. The van der Waals surface area contributed by atoms with E-state index in [1.807, 2.05) is 4.90 Å². The number of aliphatic imine (C=N–C) groups is 1. The van der Waals surface area contributed by atoms with Crippen LogP contribution in [0.3, 0.4) is 0 Å². The molecular weight excluding hydrogens is 415 g/mol. The molecule has 0 aromatic heterocycles. The summed E-state index contributed by atoms with van der Waals surface area (Å²) in [5.74, 6) is 0.953. The summed E-state index contributed by atoms with van der Waals surface area (Å²) < 4.78 is 23.3. The predicted octanol–water partition coefficient (Wildman–Crippen LogP) is 1.08. The molecule has 0 aromatic carbocycles. The highest BCUT2D eigenvalue weighted by molar-refractivity contribution is 14.0. The molecule has 6 nitrogen and oxygen atoms in total. The minimum Gasteiger partial charge on any atom is -0.355 e. The van der Waals surface area contributed by atoms with E-state index in [9.17, 15) is 8.42 Å². The number of nitrogens with one attached hydrogen (secondary N) is 2. The molecular formula is C14H31IN4O2S. The van der Waals surface area contributed by atoms with Crippen LogP contribution in [-0.4, -0.2) is 68.5 Å². The molecule has 0 aromatic rings. The van der Waals surface area contributed by atoms with Crippen molar-refractivity contribution in [3.8, 4) is 0 Å². The van der Waals surface area contributed by atoms with Crippen molar-refractivity contribution in [2.24, 2.45) is 4.99 Å². The Hall–Kier alpha value is -0.0900. The van der Waals surface area contributed by atoms with Crippen LogP contribution in [0, 0.1) is 0 Å². The first-order valence-corrected chi connectivity index (χ1v) is 9.07. The molecule has 132 valence electrons. The van der Waals surface area contributed by atoms with E-state index in [2.05, 4.69) is 36.4 Å². The fourth-order valence-electron chi connectivity index (χ4n) is 2.27. The van der Waals surface area contributed by atoms with Crippen LogP contribution in [-0.2, 0) is 9.84 Å². The van der Waals surface area contributed by atoms with Gasteiger partial charge in [-0.25, -0.2) is 8.42 Å². The zero-order chi connectivity index (χ0) is 16.3. The monoisotopic (exact) mass is 446 g/mol. The molecule has 1 rings (SSSR count). The number of hydrogen-bond donors (Lipinski definition) is 2. The van der Waals surface area contributed by atoms with Crippen LogP contribution in [0.2, 0.25) is 0 Å². The van der Waals surface area contributed by atoms with Gasteiger partial charge in [0.1, 0.15) is 0 Å². The number of sulfone groups is 1. The van der Waals surface area contributed by atoms with Gasteiger partial charge in [-0.05, 0) is 34.6 Å². The second-order valence-electron chi connectivity index (χ2n) is 7.15. The molecule has 0 radical (unpaired) electrons. The lowest BCUT2D eigenvalue weighted by Crippen LogP contribution is -2.57. The Kier molecular flexibility index (Phi) is 8.11. The Morgan fingerprint density at radius 1 is 1.27 bits per heavy atom. The third-order valence-corrected chi connectivity index (χ3v) is 6.15. The number of hydrogen-bond acceptors (Lipinski definition) is 4. The summed E-state index contributed by atoms with van der Waals surface area (Å²) in [6.45, 7) is 12.5. The zero-order valence-corrected chi connectivity index (χ0v) is 17.7. The third kappa shape index (κ3) is 6.19.